The standard InChI is InChI=1S/C19H26N2/c1-15-7-5-6-12-21(15)14-19(20-2)18-11-10-16-8-3-4-9-17(16)13-18/h3-4,8-11,13,15,19-20H,5-7,12,14H2,1-2H3. The van der Waals surface area contributed by atoms with Crippen LogP contribution in [0.25, 0.3) is 10.8 Å². The first-order chi connectivity index (χ1) is 10.3. The molecular formula is C19H26N2. The fourth-order valence-corrected chi connectivity index (χ4v) is 3.45. The SMILES string of the molecule is CNC(CN1CCCCC1C)c1ccc2ccccc2c1. The molecule has 0 saturated carbocycles. The third kappa shape index (κ3) is 3.28. The van der Waals surface area contributed by atoms with Gasteiger partial charge in [-0.2, -0.15) is 0 Å². The number of nitrogens with zero attached hydrogens (tertiary/aromatic N) is 1. The van der Waals surface area contributed by atoms with Gasteiger partial charge in [-0.05, 0) is 55.8 Å². The molecule has 0 aliphatic carbocycles. The average Bonchev–Trinajstić information content (AvgIpc) is 2.54. The zero-order chi connectivity index (χ0) is 14.7. The third-order valence-electron chi connectivity index (χ3n) is 4.88. The summed E-state index contributed by atoms with van der Waals surface area (Å²) in [5.74, 6) is 0. The molecular weight excluding hydrogens is 256 g/mol. The summed E-state index contributed by atoms with van der Waals surface area (Å²) in [6, 6.07) is 16.6. The first kappa shape index (κ1) is 14.6. The molecule has 0 spiro atoms. The van der Waals surface area contributed by atoms with Crippen LogP contribution >= 0.6 is 0 Å². The van der Waals surface area contributed by atoms with Gasteiger partial charge in [0.2, 0.25) is 0 Å². The molecule has 112 valence electrons. The van der Waals surface area contributed by atoms with Crippen LogP contribution in [0.3, 0.4) is 0 Å². The van der Waals surface area contributed by atoms with E-state index in [9.17, 15) is 0 Å². The summed E-state index contributed by atoms with van der Waals surface area (Å²) in [6.07, 6.45) is 4.07. The van der Waals surface area contributed by atoms with E-state index in [-0.39, 0.29) is 0 Å². The van der Waals surface area contributed by atoms with Crippen molar-refractivity contribution >= 4 is 10.8 Å². The molecule has 2 unspecified atom stereocenters. The van der Waals surface area contributed by atoms with Gasteiger partial charge in [0.25, 0.3) is 0 Å². The van der Waals surface area contributed by atoms with E-state index in [4.69, 9.17) is 0 Å². The van der Waals surface area contributed by atoms with Crippen molar-refractivity contribution in [1.82, 2.24) is 10.2 Å². The molecule has 1 aliphatic rings. The molecule has 1 saturated heterocycles. The van der Waals surface area contributed by atoms with Crippen LogP contribution in [0.5, 0.6) is 0 Å². The Hall–Kier alpha value is -1.38. The van der Waals surface area contributed by atoms with Gasteiger partial charge in [-0.25, -0.2) is 0 Å². The number of fused-ring (bicyclic) bond motifs is 1. The summed E-state index contributed by atoms with van der Waals surface area (Å²) in [4.78, 5) is 2.64. The minimum atomic E-state index is 0.412. The molecule has 1 aliphatic heterocycles. The van der Waals surface area contributed by atoms with Gasteiger partial charge in [-0.15, -0.1) is 0 Å². The number of likely N-dealkylation sites (N-methyl/N-ethyl adjacent to an activating group) is 1. The quantitative estimate of drug-likeness (QED) is 0.912. The van der Waals surface area contributed by atoms with E-state index in [1.807, 2.05) is 0 Å². The van der Waals surface area contributed by atoms with Crippen LogP contribution in [0.4, 0.5) is 0 Å². The lowest BCUT2D eigenvalue weighted by molar-refractivity contribution is 0.146. The van der Waals surface area contributed by atoms with Crippen molar-refractivity contribution in [3.05, 3.63) is 48.0 Å². The van der Waals surface area contributed by atoms with Gasteiger partial charge in [0.15, 0.2) is 0 Å². The molecule has 1 heterocycles. The molecule has 2 heteroatoms. The summed E-state index contributed by atoms with van der Waals surface area (Å²) in [6.45, 7) is 4.72. The van der Waals surface area contributed by atoms with Crippen LogP contribution in [0.15, 0.2) is 42.5 Å². The van der Waals surface area contributed by atoms with Crippen molar-refractivity contribution in [3.63, 3.8) is 0 Å². The predicted molar refractivity (Wildman–Crippen MR) is 90.6 cm³/mol. The van der Waals surface area contributed by atoms with Crippen LogP contribution in [0.1, 0.15) is 37.8 Å². The molecule has 3 rings (SSSR count). The number of piperidine rings is 1. The fourth-order valence-electron chi connectivity index (χ4n) is 3.45. The molecule has 0 bridgehead atoms. The van der Waals surface area contributed by atoms with Gasteiger partial charge in [0, 0.05) is 18.6 Å². The molecule has 2 atom stereocenters. The average molecular weight is 282 g/mol. The number of nitrogens with one attached hydrogen (secondary N) is 1. The van der Waals surface area contributed by atoms with Crippen LogP contribution in [-0.2, 0) is 0 Å². The van der Waals surface area contributed by atoms with Crippen LogP contribution < -0.4 is 5.32 Å². The highest BCUT2D eigenvalue weighted by molar-refractivity contribution is 5.83. The topological polar surface area (TPSA) is 15.3 Å². The van der Waals surface area contributed by atoms with Gasteiger partial charge in [-0.3, -0.25) is 4.90 Å². The molecule has 1 fully saturated rings. The van der Waals surface area contributed by atoms with Gasteiger partial charge in [0.05, 0.1) is 0 Å². The molecule has 0 radical (unpaired) electrons. The summed E-state index contributed by atoms with van der Waals surface area (Å²) < 4.78 is 0. The van der Waals surface area contributed by atoms with E-state index in [0.717, 1.165) is 12.6 Å². The van der Waals surface area contributed by atoms with E-state index in [1.165, 1.54) is 42.1 Å². The molecule has 2 aromatic rings. The minimum Gasteiger partial charge on any atom is -0.312 e. The molecule has 0 aromatic heterocycles. The summed E-state index contributed by atoms with van der Waals surface area (Å²) in [7, 11) is 2.08. The molecule has 21 heavy (non-hydrogen) atoms. The summed E-state index contributed by atoms with van der Waals surface area (Å²) in [5.41, 5.74) is 1.40. The summed E-state index contributed by atoms with van der Waals surface area (Å²) >= 11 is 0. The van der Waals surface area contributed by atoms with Gasteiger partial charge >= 0.3 is 0 Å². The Labute approximate surface area is 128 Å². The second-order valence-corrected chi connectivity index (χ2v) is 6.29. The maximum absolute atomic E-state index is 3.51. The smallest absolute Gasteiger partial charge is 0.0447 e. The van der Waals surface area contributed by atoms with Crippen LogP contribution in [0, 0.1) is 0 Å². The first-order valence-corrected chi connectivity index (χ1v) is 8.18. The highest BCUT2D eigenvalue weighted by atomic mass is 15.2. The van der Waals surface area contributed by atoms with Crippen molar-refractivity contribution in [3.8, 4) is 0 Å². The maximum Gasteiger partial charge on any atom is 0.0447 e. The minimum absolute atomic E-state index is 0.412. The van der Waals surface area contributed by atoms with E-state index in [1.54, 1.807) is 0 Å². The van der Waals surface area contributed by atoms with Crippen LogP contribution in [-0.4, -0.2) is 31.1 Å². The van der Waals surface area contributed by atoms with E-state index < -0.39 is 0 Å². The van der Waals surface area contributed by atoms with Crippen molar-refractivity contribution in [2.45, 2.75) is 38.3 Å². The van der Waals surface area contributed by atoms with E-state index >= 15 is 0 Å². The second kappa shape index (κ2) is 6.59. The molecule has 0 amide bonds. The van der Waals surface area contributed by atoms with Gasteiger partial charge in [-0.1, -0.05) is 42.8 Å². The maximum atomic E-state index is 3.51. The lowest BCUT2D eigenvalue weighted by Crippen LogP contribution is -2.42. The second-order valence-electron chi connectivity index (χ2n) is 6.29. The Morgan fingerprint density at radius 2 is 1.95 bits per heavy atom. The lowest BCUT2D eigenvalue weighted by Gasteiger charge is -2.36. The number of hydrogen-bond donors (Lipinski definition) is 1. The predicted octanol–water partition coefficient (Wildman–Crippen LogP) is 3.97. The van der Waals surface area contributed by atoms with Crippen molar-refractivity contribution in [1.29, 1.82) is 0 Å². The first-order valence-electron chi connectivity index (χ1n) is 8.18. The summed E-state index contributed by atoms with van der Waals surface area (Å²) in [5, 5.41) is 6.17. The highest BCUT2D eigenvalue weighted by Gasteiger charge is 2.21. The van der Waals surface area contributed by atoms with Crippen molar-refractivity contribution in [2.75, 3.05) is 20.1 Å². The Bertz CT molecular complexity index is 593. The number of hydrogen-bond acceptors (Lipinski definition) is 2. The molecule has 2 aromatic carbocycles. The number of benzene rings is 2. The third-order valence-corrected chi connectivity index (χ3v) is 4.88. The lowest BCUT2D eigenvalue weighted by atomic mass is 9.98. The normalized spacial score (nSPS) is 21.5. The zero-order valence-electron chi connectivity index (χ0n) is 13.2. The molecule has 1 N–H and O–H groups in total. The fraction of sp³-hybridized carbons (Fsp3) is 0.474. The highest BCUT2D eigenvalue weighted by Crippen LogP contribution is 2.24. The largest absolute Gasteiger partial charge is 0.312 e. The Balaban J connectivity index is 1.80. The Morgan fingerprint density at radius 1 is 1.14 bits per heavy atom. The number of rotatable bonds is 4. The Morgan fingerprint density at radius 3 is 2.71 bits per heavy atom. The van der Waals surface area contributed by atoms with Crippen LogP contribution in [0.2, 0.25) is 0 Å². The van der Waals surface area contributed by atoms with E-state index in [0.29, 0.717) is 6.04 Å². The van der Waals surface area contributed by atoms with Crippen molar-refractivity contribution in [2.24, 2.45) is 0 Å². The molecule has 2 nitrogen and oxygen atoms in total. The van der Waals surface area contributed by atoms with E-state index in [2.05, 4.69) is 66.7 Å². The Kier molecular flexibility index (Phi) is 4.57. The van der Waals surface area contributed by atoms with Crippen molar-refractivity contribution < 1.29 is 0 Å². The number of likely N-dealkylation sites (tertiary alicyclic amines) is 1. The monoisotopic (exact) mass is 282 g/mol. The van der Waals surface area contributed by atoms with Gasteiger partial charge in [0.1, 0.15) is 0 Å². The zero-order valence-corrected chi connectivity index (χ0v) is 13.2. The van der Waals surface area contributed by atoms with Gasteiger partial charge < -0.3 is 5.32 Å².